The number of halogens is 2. The topological polar surface area (TPSA) is 3.24 Å². The van der Waals surface area contributed by atoms with E-state index in [4.69, 9.17) is 0 Å². The van der Waals surface area contributed by atoms with Crippen molar-refractivity contribution in [3.8, 4) is 0 Å². The molecular formula is C14H12BrINY-. The maximum atomic E-state index is 4.12. The summed E-state index contributed by atoms with van der Waals surface area (Å²) in [5.74, 6) is 0. The van der Waals surface area contributed by atoms with Crippen LogP contribution in [0.3, 0.4) is 0 Å². The van der Waals surface area contributed by atoms with E-state index in [1.165, 1.54) is 0 Å². The molecule has 0 spiro atoms. The molecule has 0 bridgehead atoms. The van der Waals surface area contributed by atoms with Gasteiger partial charge in [-0.1, -0.05) is 49.5 Å². The molecule has 91 valence electrons. The second-order valence-corrected chi connectivity index (χ2v) is 5.76. The van der Waals surface area contributed by atoms with Crippen LogP contribution in [0.25, 0.3) is 5.70 Å². The number of nitrogens with zero attached hydrogens (tertiary/aromatic N) is 1. The SMILES string of the molecule is C=C1C(I)=C[C-]=C(c2ccc(Br)cc2)N1CC.[Y]. The molecule has 0 aromatic heterocycles. The quantitative estimate of drug-likeness (QED) is 0.428. The number of allylic oxidation sites excluding steroid dienone is 3. The van der Waals surface area contributed by atoms with Crippen LogP contribution in [0.15, 0.2) is 50.7 Å². The van der Waals surface area contributed by atoms with Crippen LogP contribution in [-0.2, 0) is 32.7 Å². The van der Waals surface area contributed by atoms with Crippen molar-refractivity contribution < 1.29 is 32.7 Å². The summed E-state index contributed by atoms with van der Waals surface area (Å²) in [5.41, 5.74) is 3.30. The first-order valence-corrected chi connectivity index (χ1v) is 7.22. The molecule has 0 saturated carbocycles. The van der Waals surface area contributed by atoms with Gasteiger partial charge in [-0.2, -0.15) is 12.2 Å². The van der Waals surface area contributed by atoms with E-state index in [0.29, 0.717) is 0 Å². The van der Waals surface area contributed by atoms with Gasteiger partial charge < -0.3 is 4.90 Å². The van der Waals surface area contributed by atoms with Gasteiger partial charge in [0.2, 0.25) is 0 Å². The Morgan fingerprint density at radius 2 is 1.94 bits per heavy atom. The molecule has 1 aliphatic heterocycles. The van der Waals surface area contributed by atoms with Crippen molar-refractivity contribution in [3.63, 3.8) is 0 Å². The molecule has 0 aliphatic carbocycles. The molecule has 0 saturated heterocycles. The standard InChI is InChI=1S/C14H12BrIN.Y/c1-3-17-10(2)13(16)8-9-14(17)11-4-6-12(15)7-5-11;/h4-8H,2-3H2,1H3;/q-1;. The van der Waals surface area contributed by atoms with Crippen LogP contribution in [0.5, 0.6) is 0 Å². The summed E-state index contributed by atoms with van der Waals surface area (Å²) < 4.78 is 2.23. The summed E-state index contributed by atoms with van der Waals surface area (Å²) in [4.78, 5) is 2.19. The van der Waals surface area contributed by atoms with Gasteiger partial charge in [0, 0.05) is 43.7 Å². The minimum atomic E-state index is 0. The minimum Gasteiger partial charge on any atom is -0.375 e. The normalized spacial score (nSPS) is 14.8. The second kappa shape index (κ2) is 7.37. The average Bonchev–Trinajstić information content (AvgIpc) is 2.34. The Kier molecular flexibility index (Phi) is 6.80. The van der Waals surface area contributed by atoms with Crippen molar-refractivity contribution in [3.05, 3.63) is 62.3 Å². The molecule has 2 rings (SSSR count). The van der Waals surface area contributed by atoms with Crippen LogP contribution in [0.1, 0.15) is 12.5 Å². The van der Waals surface area contributed by atoms with Gasteiger partial charge in [-0.05, 0) is 12.6 Å². The first-order chi connectivity index (χ1) is 8.13. The van der Waals surface area contributed by atoms with Crippen molar-refractivity contribution in [1.29, 1.82) is 0 Å². The van der Waals surface area contributed by atoms with Gasteiger partial charge in [0.25, 0.3) is 0 Å². The predicted molar refractivity (Wildman–Crippen MR) is 84.4 cm³/mol. The summed E-state index contributed by atoms with van der Waals surface area (Å²) in [7, 11) is 0. The van der Waals surface area contributed by atoms with E-state index in [2.05, 4.69) is 75.1 Å². The van der Waals surface area contributed by atoms with Crippen LogP contribution < -0.4 is 0 Å². The van der Waals surface area contributed by atoms with Crippen molar-refractivity contribution in [2.24, 2.45) is 0 Å². The Labute approximate surface area is 156 Å². The maximum absolute atomic E-state index is 4.12. The molecule has 1 aliphatic rings. The molecule has 0 fully saturated rings. The smallest absolute Gasteiger partial charge is 0.0169 e. The Morgan fingerprint density at radius 3 is 2.50 bits per heavy atom. The third-order valence-electron chi connectivity index (χ3n) is 2.64. The third-order valence-corrected chi connectivity index (χ3v) is 4.10. The Bertz CT molecular complexity index is 505. The van der Waals surface area contributed by atoms with Crippen LogP contribution >= 0.6 is 38.5 Å². The summed E-state index contributed by atoms with van der Waals surface area (Å²) in [6, 6.07) is 8.27. The average molecular weight is 490 g/mol. The Balaban J connectivity index is 0.00000162. The van der Waals surface area contributed by atoms with E-state index in [-0.39, 0.29) is 32.7 Å². The van der Waals surface area contributed by atoms with Crippen molar-refractivity contribution in [2.75, 3.05) is 6.54 Å². The first-order valence-electron chi connectivity index (χ1n) is 5.35. The molecule has 0 unspecified atom stereocenters. The van der Waals surface area contributed by atoms with Crippen molar-refractivity contribution in [2.45, 2.75) is 6.92 Å². The zero-order valence-electron chi connectivity index (χ0n) is 10.1. The Hall–Kier alpha value is 0.554. The van der Waals surface area contributed by atoms with Crippen molar-refractivity contribution in [1.82, 2.24) is 4.90 Å². The molecule has 1 heterocycles. The number of hydrogen-bond acceptors (Lipinski definition) is 1. The van der Waals surface area contributed by atoms with Gasteiger partial charge in [-0.3, -0.25) is 0 Å². The van der Waals surface area contributed by atoms with Gasteiger partial charge in [0.05, 0.1) is 0 Å². The molecule has 1 radical (unpaired) electrons. The van der Waals surface area contributed by atoms with Crippen molar-refractivity contribution >= 4 is 44.2 Å². The van der Waals surface area contributed by atoms with E-state index >= 15 is 0 Å². The summed E-state index contributed by atoms with van der Waals surface area (Å²) in [6.45, 7) is 7.15. The Morgan fingerprint density at radius 1 is 1.33 bits per heavy atom. The molecule has 0 amide bonds. The van der Waals surface area contributed by atoms with Gasteiger partial charge >= 0.3 is 0 Å². The number of rotatable bonds is 2. The van der Waals surface area contributed by atoms with Gasteiger partial charge in [0.15, 0.2) is 0 Å². The van der Waals surface area contributed by atoms with Gasteiger partial charge in [-0.15, -0.1) is 34.7 Å². The largest absolute Gasteiger partial charge is 0.375 e. The molecule has 1 aromatic rings. The fourth-order valence-corrected chi connectivity index (χ4v) is 2.46. The molecule has 0 atom stereocenters. The zero-order chi connectivity index (χ0) is 12.4. The van der Waals surface area contributed by atoms with Crippen LogP contribution in [0, 0.1) is 6.08 Å². The number of likely N-dealkylation sites (N-methyl/N-ethyl adjacent to an activating group) is 1. The molecule has 0 N–H and O–H groups in total. The minimum absolute atomic E-state index is 0. The monoisotopic (exact) mass is 489 g/mol. The maximum Gasteiger partial charge on any atom is 0.0169 e. The van der Waals surface area contributed by atoms with Gasteiger partial charge in [-0.25, -0.2) is 0 Å². The third kappa shape index (κ3) is 3.56. The zero-order valence-corrected chi connectivity index (χ0v) is 16.7. The van der Waals surface area contributed by atoms with Gasteiger partial charge in [0.1, 0.15) is 0 Å². The van der Waals surface area contributed by atoms with E-state index in [1.807, 2.05) is 18.2 Å². The van der Waals surface area contributed by atoms with E-state index < -0.39 is 0 Å². The molecule has 1 aromatic carbocycles. The summed E-state index contributed by atoms with van der Waals surface area (Å²) in [6.07, 6.45) is 5.33. The molecule has 4 heteroatoms. The summed E-state index contributed by atoms with van der Waals surface area (Å²) >= 11 is 5.74. The number of hydrogen-bond donors (Lipinski definition) is 0. The first kappa shape index (κ1) is 16.6. The fourth-order valence-electron chi connectivity index (χ4n) is 1.75. The van der Waals surface area contributed by atoms with Crippen LogP contribution in [-0.4, -0.2) is 11.4 Å². The van der Waals surface area contributed by atoms with Crippen LogP contribution in [0.4, 0.5) is 0 Å². The number of benzene rings is 1. The second-order valence-electron chi connectivity index (χ2n) is 3.68. The molecule has 1 nitrogen and oxygen atoms in total. The molecular weight excluding hydrogens is 478 g/mol. The molecule has 18 heavy (non-hydrogen) atoms. The fraction of sp³-hybridized carbons (Fsp3) is 0.143. The van der Waals surface area contributed by atoms with E-state index in [0.717, 1.165) is 31.6 Å². The van der Waals surface area contributed by atoms with E-state index in [1.54, 1.807) is 0 Å². The van der Waals surface area contributed by atoms with Crippen LogP contribution in [0.2, 0.25) is 0 Å². The summed E-state index contributed by atoms with van der Waals surface area (Å²) in [5, 5.41) is 0. The predicted octanol–water partition coefficient (Wildman–Crippen LogP) is 4.76. The van der Waals surface area contributed by atoms with E-state index in [9.17, 15) is 0 Å².